The lowest BCUT2D eigenvalue weighted by atomic mass is 9.96. The molecule has 19 atom stereocenters. The number of rotatable bonds is 15. The third-order valence-corrected chi connectivity index (χ3v) is 8.61. The lowest BCUT2D eigenvalue weighted by Gasteiger charge is -2.47. The fourth-order valence-electron chi connectivity index (χ4n) is 5.78. The van der Waals surface area contributed by atoms with E-state index in [9.17, 15) is 70.9 Å². The van der Waals surface area contributed by atoms with Gasteiger partial charge in [-0.1, -0.05) is 0 Å². The summed E-state index contributed by atoms with van der Waals surface area (Å²) >= 11 is 0. The molecule has 3 aliphatic rings. The number of carbonyl (C=O) groups excluding carboxylic acids is 2. The molecule has 0 aromatic carbocycles. The van der Waals surface area contributed by atoms with Gasteiger partial charge in [-0.2, -0.15) is 0 Å². The molecule has 3 rings (SSSR count). The van der Waals surface area contributed by atoms with Crippen LogP contribution in [0.25, 0.3) is 0 Å². The number of aliphatic hydroxyl groups is 12. The average Bonchev–Trinajstić information content (AvgIpc) is 3.07. The average molecular weight is 735 g/mol. The lowest BCUT2D eigenvalue weighted by Crippen LogP contribution is -2.66. The number of nitrogens with one attached hydrogen (secondary N) is 2. The van der Waals surface area contributed by atoms with Gasteiger partial charge in [0.1, 0.15) is 85.4 Å². The maximum atomic E-state index is 12.0. The summed E-state index contributed by atoms with van der Waals surface area (Å²) in [5, 5.41) is 129. The lowest BCUT2D eigenvalue weighted by molar-refractivity contribution is -0.373. The molecule has 3 saturated heterocycles. The van der Waals surface area contributed by atoms with E-state index in [0.29, 0.717) is 0 Å². The Balaban J connectivity index is 1.88. The Bertz CT molecular complexity index is 1080. The number of hydrogen-bond acceptors (Lipinski definition) is 20. The monoisotopic (exact) mass is 734 g/mol. The number of ether oxygens (including phenoxy) is 6. The largest absolute Gasteiger partial charge is 0.394 e. The van der Waals surface area contributed by atoms with E-state index in [1.54, 1.807) is 0 Å². The summed E-state index contributed by atoms with van der Waals surface area (Å²) in [6, 6.07) is -2.96. The second kappa shape index (κ2) is 18.8. The molecule has 0 radical (unpaired) electrons. The van der Waals surface area contributed by atoms with Gasteiger partial charge < -0.3 is 100 Å². The first-order chi connectivity index (χ1) is 23.5. The molecule has 19 unspecified atom stereocenters. The van der Waals surface area contributed by atoms with Crippen LogP contribution in [-0.2, 0) is 38.0 Å². The van der Waals surface area contributed by atoms with Crippen molar-refractivity contribution >= 4 is 11.8 Å². The third kappa shape index (κ3) is 10.00. The highest BCUT2D eigenvalue weighted by molar-refractivity contribution is 5.73. The topological polar surface area (TPSA) is 356 Å². The highest BCUT2D eigenvalue weighted by atomic mass is 16.8. The van der Waals surface area contributed by atoms with Crippen LogP contribution >= 0.6 is 0 Å². The van der Waals surface area contributed by atoms with Crippen LogP contribution in [0.1, 0.15) is 20.8 Å². The van der Waals surface area contributed by atoms with Crippen molar-refractivity contribution in [3.8, 4) is 0 Å². The Morgan fingerprint density at radius 3 is 1.84 bits per heavy atom. The van der Waals surface area contributed by atoms with Gasteiger partial charge in [0.05, 0.1) is 38.6 Å². The number of hydrogen-bond donors (Lipinski definition) is 14. The van der Waals surface area contributed by atoms with E-state index in [1.807, 2.05) is 0 Å². The first kappa shape index (κ1) is 42.6. The summed E-state index contributed by atoms with van der Waals surface area (Å²) in [4.78, 5) is 23.7. The summed E-state index contributed by atoms with van der Waals surface area (Å²) in [5.41, 5.74) is 0. The third-order valence-electron chi connectivity index (χ3n) is 8.61. The van der Waals surface area contributed by atoms with E-state index in [1.165, 1.54) is 6.92 Å². The van der Waals surface area contributed by atoms with Crippen LogP contribution in [0.15, 0.2) is 0 Å². The summed E-state index contributed by atoms with van der Waals surface area (Å²) in [7, 11) is 0. The minimum absolute atomic E-state index is 0.667. The molecule has 0 aromatic rings. The molecule has 0 bridgehead atoms. The van der Waals surface area contributed by atoms with Gasteiger partial charge >= 0.3 is 0 Å². The van der Waals surface area contributed by atoms with E-state index in [0.717, 1.165) is 13.8 Å². The van der Waals surface area contributed by atoms with Gasteiger partial charge in [0.2, 0.25) is 11.8 Å². The summed E-state index contributed by atoms with van der Waals surface area (Å²) in [6.45, 7) is 0.0230. The molecular weight excluding hydrogens is 684 g/mol. The molecule has 2 amide bonds. The Kier molecular flexibility index (Phi) is 16.0. The van der Waals surface area contributed by atoms with Crippen molar-refractivity contribution < 1.29 is 99.3 Å². The summed E-state index contributed by atoms with van der Waals surface area (Å²) in [6.07, 6.45) is -29.6. The zero-order valence-electron chi connectivity index (χ0n) is 27.4. The SMILES string of the molecule is CC(=O)NC(CO)C(OC1OC(CO)C(O)C(O)C1OC1OC(C)C(O)C(O)C1O)C(O)C(O)COC1OC(CO)C(O)C(O)C1NC(C)=O. The number of amides is 2. The smallest absolute Gasteiger partial charge is 0.217 e. The quantitative estimate of drug-likeness (QED) is 0.0742. The van der Waals surface area contributed by atoms with Crippen molar-refractivity contribution in [3.05, 3.63) is 0 Å². The van der Waals surface area contributed by atoms with E-state index in [2.05, 4.69) is 10.6 Å². The van der Waals surface area contributed by atoms with Crippen LogP contribution < -0.4 is 10.6 Å². The molecule has 14 N–H and O–H groups in total. The van der Waals surface area contributed by atoms with Gasteiger partial charge in [0.15, 0.2) is 18.9 Å². The van der Waals surface area contributed by atoms with E-state index < -0.39 is 155 Å². The molecule has 0 aromatic heterocycles. The fraction of sp³-hybridized carbons (Fsp3) is 0.929. The van der Waals surface area contributed by atoms with E-state index in [4.69, 9.17) is 28.4 Å². The fourth-order valence-corrected chi connectivity index (χ4v) is 5.78. The second-order valence-electron chi connectivity index (χ2n) is 12.4. The zero-order valence-corrected chi connectivity index (χ0v) is 27.4. The normalized spacial score (nSPS) is 41.9. The van der Waals surface area contributed by atoms with Crippen LogP contribution in [0.2, 0.25) is 0 Å². The number of carbonyl (C=O) groups is 2. The molecule has 50 heavy (non-hydrogen) atoms. The summed E-state index contributed by atoms with van der Waals surface area (Å²) < 4.78 is 33.4. The van der Waals surface area contributed by atoms with Crippen LogP contribution in [0.3, 0.4) is 0 Å². The van der Waals surface area contributed by atoms with Crippen molar-refractivity contribution in [2.45, 2.75) is 137 Å². The minimum atomic E-state index is -2.14. The van der Waals surface area contributed by atoms with Crippen molar-refractivity contribution in [3.63, 3.8) is 0 Å². The highest BCUT2D eigenvalue weighted by Gasteiger charge is 2.52. The Hall–Kier alpha value is -1.78. The first-order valence-electron chi connectivity index (χ1n) is 15.8. The van der Waals surface area contributed by atoms with Gasteiger partial charge in [0, 0.05) is 13.8 Å². The molecule has 0 aliphatic carbocycles. The van der Waals surface area contributed by atoms with Crippen molar-refractivity contribution in [1.82, 2.24) is 10.6 Å². The van der Waals surface area contributed by atoms with Crippen molar-refractivity contribution in [2.24, 2.45) is 0 Å². The molecular formula is C28H50N2O20. The maximum absolute atomic E-state index is 12.0. The second-order valence-corrected chi connectivity index (χ2v) is 12.4. The van der Waals surface area contributed by atoms with Crippen LogP contribution in [-0.4, -0.2) is 216 Å². The van der Waals surface area contributed by atoms with Gasteiger partial charge in [-0.15, -0.1) is 0 Å². The van der Waals surface area contributed by atoms with E-state index in [-0.39, 0.29) is 0 Å². The first-order valence-corrected chi connectivity index (χ1v) is 15.8. The Morgan fingerprint density at radius 1 is 0.720 bits per heavy atom. The van der Waals surface area contributed by atoms with Gasteiger partial charge in [-0.05, 0) is 6.92 Å². The standard InChI is InChI=1S/C28H50N2O20/c1-8-16(37)21(42)23(44)27(46-8)50-25-22(43)19(40)14(6-33)48-28(25)49-24(11(4-31)29-9(2)34)17(38)12(36)7-45-26-15(30-10(3)35)20(41)18(39)13(5-32)47-26/h8,11-28,31-33,36-44H,4-7H2,1-3H3,(H,29,34)(H,30,35). The summed E-state index contributed by atoms with van der Waals surface area (Å²) in [5.74, 6) is -1.41. The van der Waals surface area contributed by atoms with Crippen LogP contribution in [0.5, 0.6) is 0 Å². The highest BCUT2D eigenvalue weighted by Crippen LogP contribution is 2.31. The molecule has 0 spiro atoms. The predicted molar refractivity (Wildman–Crippen MR) is 158 cm³/mol. The molecule has 292 valence electrons. The molecule has 3 aliphatic heterocycles. The molecule has 3 heterocycles. The molecule has 0 saturated carbocycles. The van der Waals surface area contributed by atoms with Gasteiger partial charge in [0.25, 0.3) is 0 Å². The Morgan fingerprint density at radius 2 is 1.30 bits per heavy atom. The van der Waals surface area contributed by atoms with Gasteiger partial charge in [-0.25, -0.2) is 0 Å². The number of aliphatic hydroxyl groups excluding tert-OH is 12. The van der Waals surface area contributed by atoms with Crippen LogP contribution in [0, 0.1) is 0 Å². The zero-order chi connectivity index (χ0) is 37.6. The molecule has 3 fully saturated rings. The van der Waals surface area contributed by atoms with E-state index >= 15 is 0 Å². The minimum Gasteiger partial charge on any atom is -0.394 e. The van der Waals surface area contributed by atoms with Crippen molar-refractivity contribution in [1.29, 1.82) is 0 Å². The molecule has 22 nitrogen and oxygen atoms in total. The molecule has 22 heteroatoms. The van der Waals surface area contributed by atoms with Crippen molar-refractivity contribution in [2.75, 3.05) is 26.4 Å². The Labute approximate surface area is 285 Å². The maximum Gasteiger partial charge on any atom is 0.217 e. The van der Waals surface area contributed by atoms with Gasteiger partial charge in [-0.3, -0.25) is 9.59 Å². The predicted octanol–water partition coefficient (Wildman–Crippen LogP) is -8.80. The van der Waals surface area contributed by atoms with Crippen LogP contribution in [0.4, 0.5) is 0 Å².